The van der Waals surface area contributed by atoms with Crippen molar-refractivity contribution in [1.29, 1.82) is 0 Å². The summed E-state index contributed by atoms with van der Waals surface area (Å²) >= 11 is 2.94. The fraction of sp³-hybridized carbons (Fsp3) is 0. The van der Waals surface area contributed by atoms with Crippen molar-refractivity contribution in [2.45, 2.75) is 0 Å². The predicted molar refractivity (Wildman–Crippen MR) is 99.8 cm³/mol. The number of thiophene rings is 1. The van der Waals surface area contributed by atoms with Gasteiger partial charge in [0.15, 0.2) is 5.01 Å². The van der Waals surface area contributed by atoms with E-state index in [0.717, 1.165) is 26.3 Å². The summed E-state index contributed by atoms with van der Waals surface area (Å²) in [5, 5.41) is 19.0. The minimum absolute atomic E-state index is 0.333. The Morgan fingerprint density at radius 1 is 0.917 bits per heavy atom. The third-order valence-electron chi connectivity index (χ3n) is 3.42. The number of nitrogens with zero attached hydrogens (tertiary/aromatic N) is 2. The number of fused-ring (bicyclic) bond motifs is 1. The molecular formula is C17H12N4OS2. The average molecular weight is 352 g/mol. The summed E-state index contributed by atoms with van der Waals surface area (Å²) in [6.45, 7) is 0. The molecule has 0 spiro atoms. The van der Waals surface area contributed by atoms with Gasteiger partial charge in [-0.05, 0) is 22.9 Å². The van der Waals surface area contributed by atoms with Crippen LogP contribution in [0.25, 0.3) is 20.7 Å². The first kappa shape index (κ1) is 14.8. The van der Waals surface area contributed by atoms with E-state index in [1.54, 1.807) is 11.3 Å². The second-order valence-corrected chi connectivity index (χ2v) is 6.92. The Morgan fingerprint density at radius 3 is 2.67 bits per heavy atom. The number of rotatable bonds is 3. The van der Waals surface area contributed by atoms with Crippen LogP contribution in [0.15, 0.2) is 60.0 Å². The Labute approximate surface area is 146 Å². The topological polar surface area (TPSA) is 66.9 Å². The maximum Gasteiger partial charge on any atom is 0.325 e. The van der Waals surface area contributed by atoms with Crippen molar-refractivity contribution in [3.8, 4) is 9.88 Å². The second kappa shape index (κ2) is 6.38. The van der Waals surface area contributed by atoms with Gasteiger partial charge in [0.2, 0.25) is 5.13 Å². The standard InChI is InChI=1S/C17H12N4OS2/c22-16(18-13-8-3-6-11-5-1-2-7-12(11)13)19-17-21-20-15(24-17)14-9-4-10-23-14/h1-10H,(H2,18,19,21,22). The van der Waals surface area contributed by atoms with Crippen LogP contribution in [0.1, 0.15) is 0 Å². The molecule has 2 heterocycles. The molecule has 2 aromatic carbocycles. The van der Waals surface area contributed by atoms with Crippen molar-refractivity contribution in [2.75, 3.05) is 10.6 Å². The highest BCUT2D eigenvalue weighted by molar-refractivity contribution is 7.23. The van der Waals surface area contributed by atoms with Gasteiger partial charge in [0.1, 0.15) is 0 Å². The van der Waals surface area contributed by atoms with E-state index in [2.05, 4.69) is 20.8 Å². The number of aromatic nitrogens is 2. The monoisotopic (exact) mass is 352 g/mol. The summed E-state index contributed by atoms with van der Waals surface area (Å²) < 4.78 is 0. The minimum atomic E-state index is -0.333. The summed E-state index contributed by atoms with van der Waals surface area (Å²) in [6, 6.07) is 17.3. The van der Waals surface area contributed by atoms with Gasteiger partial charge in [-0.1, -0.05) is 53.8 Å². The van der Waals surface area contributed by atoms with Gasteiger partial charge in [-0.2, -0.15) is 0 Å². The molecule has 0 saturated heterocycles. The lowest BCUT2D eigenvalue weighted by molar-refractivity contribution is 0.262. The van der Waals surface area contributed by atoms with Crippen LogP contribution in [0.3, 0.4) is 0 Å². The number of nitrogens with one attached hydrogen (secondary N) is 2. The van der Waals surface area contributed by atoms with E-state index < -0.39 is 0 Å². The van der Waals surface area contributed by atoms with Crippen LogP contribution in [0.2, 0.25) is 0 Å². The molecule has 0 fully saturated rings. The Balaban J connectivity index is 1.50. The highest BCUT2D eigenvalue weighted by Gasteiger charge is 2.11. The van der Waals surface area contributed by atoms with Gasteiger partial charge in [-0.25, -0.2) is 4.79 Å². The molecule has 0 aliphatic carbocycles. The van der Waals surface area contributed by atoms with Crippen molar-refractivity contribution < 1.29 is 4.79 Å². The number of hydrogen-bond donors (Lipinski definition) is 2. The number of benzene rings is 2. The zero-order valence-corrected chi connectivity index (χ0v) is 14.0. The second-order valence-electron chi connectivity index (χ2n) is 5.00. The quantitative estimate of drug-likeness (QED) is 0.541. The van der Waals surface area contributed by atoms with Gasteiger partial charge in [-0.15, -0.1) is 21.5 Å². The molecule has 0 atom stereocenters. The van der Waals surface area contributed by atoms with Gasteiger partial charge in [0.05, 0.1) is 10.6 Å². The Bertz CT molecular complexity index is 989. The van der Waals surface area contributed by atoms with Crippen LogP contribution >= 0.6 is 22.7 Å². The average Bonchev–Trinajstić information content (AvgIpc) is 3.26. The molecule has 4 aromatic rings. The van der Waals surface area contributed by atoms with E-state index in [9.17, 15) is 4.79 Å². The molecule has 24 heavy (non-hydrogen) atoms. The van der Waals surface area contributed by atoms with Crippen LogP contribution in [0.5, 0.6) is 0 Å². The number of anilines is 2. The summed E-state index contributed by atoms with van der Waals surface area (Å²) in [7, 11) is 0. The third kappa shape index (κ3) is 2.99. The summed E-state index contributed by atoms with van der Waals surface area (Å²) in [4.78, 5) is 13.3. The molecule has 2 N–H and O–H groups in total. The highest BCUT2D eigenvalue weighted by Crippen LogP contribution is 2.30. The van der Waals surface area contributed by atoms with Gasteiger partial charge >= 0.3 is 6.03 Å². The molecular weight excluding hydrogens is 340 g/mol. The highest BCUT2D eigenvalue weighted by atomic mass is 32.1. The van der Waals surface area contributed by atoms with Gasteiger partial charge in [-0.3, -0.25) is 5.32 Å². The lowest BCUT2D eigenvalue weighted by Gasteiger charge is -2.08. The van der Waals surface area contributed by atoms with Crippen LogP contribution in [0, 0.1) is 0 Å². The summed E-state index contributed by atoms with van der Waals surface area (Å²) in [5.41, 5.74) is 0.758. The first-order valence-electron chi connectivity index (χ1n) is 7.23. The number of carbonyl (C=O) groups is 1. The third-order valence-corrected chi connectivity index (χ3v) is 5.29. The van der Waals surface area contributed by atoms with E-state index in [0.29, 0.717) is 5.13 Å². The normalized spacial score (nSPS) is 10.7. The van der Waals surface area contributed by atoms with Crippen molar-refractivity contribution in [1.82, 2.24) is 10.2 Å². The smallest absolute Gasteiger partial charge is 0.307 e. The summed E-state index contributed by atoms with van der Waals surface area (Å²) in [5.74, 6) is 0. The fourth-order valence-electron chi connectivity index (χ4n) is 2.36. The molecule has 0 aliphatic rings. The number of urea groups is 1. The van der Waals surface area contributed by atoms with Crippen LogP contribution in [-0.2, 0) is 0 Å². The lowest BCUT2D eigenvalue weighted by Crippen LogP contribution is -2.19. The zero-order chi connectivity index (χ0) is 16.4. The van der Waals surface area contributed by atoms with Crippen molar-refractivity contribution >= 4 is 50.3 Å². The van der Waals surface area contributed by atoms with Gasteiger partial charge in [0.25, 0.3) is 0 Å². The van der Waals surface area contributed by atoms with Crippen molar-refractivity contribution in [3.63, 3.8) is 0 Å². The Hall–Kier alpha value is -2.77. The van der Waals surface area contributed by atoms with Crippen LogP contribution in [0.4, 0.5) is 15.6 Å². The fourth-order valence-corrected chi connectivity index (χ4v) is 3.89. The molecule has 0 radical (unpaired) electrons. The van der Waals surface area contributed by atoms with Crippen LogP contribution in [-0.4, -0.2) is 16.2 Å². The van der Waals surface area contributed by atoms with Gasteiger partial charge < -0.3 is 5.32 Å². The molecule has 2 amide bonds. The molecule has 118 valence electrons. The minimum Gasteiger partial charge on any atom is -0.307 e. The van der Waals surface area contributed by atoms with Gasteiger partial charge in [0, 0.05) is 5.39 Å². The first-order valence-corrected chi connectivity index (χ1v) is 8.92. The molecule has 7 heteroatoms. The lowest BCUT2D eigenvalue weighted by atomic mass is 10.1. The molecule has 0 bridgehead atoms. The van der Waals surface area contributed by atoms with Crippen molar-refractivity contribution in [3.05, 3.63) is 60.0 Å². The van der Waals surface area contributed by atoms with E-state index in [4.69, 9.17) is 0 Å². The Morgan fingerprint density at radius 2 is 1.79 bits per heavy atom. The molecule has 0 unspecified atom stereocenters. The van der Waals surface area contributed by atoms with E-state index >= 15 is 0 Å². The molecule has 5 nitrogen and oxygen atoms in total. The molecule has 0 saturated carbocycles. The number of hydrogen-bond acceptors (Lipinski definition) is 5. The first-order chi connectivity index (χ1) is 11.8. The van der Waals surface area contributed by atoms with E-state index in [-0.39, 0.29) is 6.03 Å². The maximum atomic E-state index is 12.2. The summed E-state index contributed by atoms with van der Waals surface area (Å²) in [6.07, 6.45) is 0. The largest absolute Gasteiger partial charge is 0.325 e. The molecule has 4 rings (SSSR count). The van der Waals surface area contributed by atoms with E-state index in [1.165, 1.54) is 11.3 Å². The van der Waals surface area contributed by atoms with Crippen molar-refractivity contribution in [2.24, 2.45) is 0 Å². The van der Waals surface area contributed by atoms with E-state index in [1.807, 2.05) is 60.0 Å². The number of amides is 2. The number of carbonyl (C=O) groups excluding carboxylic acids is 1. The predicted octanol–water partition coefficient (Wildman–Crippen LogP) is 5.06. The molecule has 2 aromatic heterocycles. The Kier molecular flexibility index (Phi) is 3.94. The SMILES string of the molecule is O=C(Nc1nnc(-c2cccs2)s1)Nc1cccc2ccccc12. The maximum absolute atomic E-state index is 12.2. The molecule has 0 aliphatic heterocycles. The zero-order valence-electron chi connectivity index (χ0n) is 12.4. The van der Waals surface area contributed by atoms with Crippen LogP contribution < -0.4 is 10.6 Å².